The molecular weight excluding hydrogens is 238 g/mol. The molecule has 1 fully saturated rings. The molecule has 0 radical (unpaired) electrons. The molecule has 0 aromatic rings. The van der Waals surface area contributed by atoms with Gasteiger partial charge in [0.15, 0.2) is 9.84 Å². The van der Waals surface area contributed by atoms with E-state index in [9.17, 15) is 8.42 Å². The van der Waals surface area contributed by atoms with Crippen molar-refractivity contribution in [2.75, 3.05) is 18.9 Å². The topological polar surface area (TPSA) is 55.4 Å². The van der Waals surface area contributed by atoms with Crippen LogP contribution in [0.25, 0.3) is 0 Å². The normalized spacial score (nSPS) is 23.9. The van der Waals surface area contributed by atoms with Gasteiger partial charge in [0.25, 0.3) is 0 Å². The summed E-state index contributed by atoms with van der Waals surface area (Å²) in [6.07, 6.45) is 1.77. The summed E-state index contributed by atoms with van der Waals surface area (Å²) < 4.78 is 29.6. The minimum Gasteiger partial charge on any atom is -0.377 e. The minimum absolute atomic E-state index is 0.0480. The molecule has 0 aromatic carbocycles. The molecule has 5 heteroatoms. The molecule has 4 nitrogen and oxygen atoms in total. The van der Waals surface area contributed by atoms with Crippen LogP contribution in [0.1, 0.15) is 40.5 Å². The Bertz CT molecular complexity index is 326. The molecule has 1 saturated heterocycles. The Morgan fingerprint density at radius 1 is 1.41 bits per heavy atom. The number of sulfone groups is 1. The zero-order valence-electron chi connectivity index (χ0n) is 11.3. The maximum absolute atomic E-state index is 12.1. The first-order chi connectivity index (χ1) is 7.71. The molecule has 1 aliphatic rings. The van der Waals surface area contributed by atoms with Gasteiger partial charge in [-0.2, -0.15) is 0 Å². The molecular formula is C12H25NO3S. The highest BCUT2D eigenvalue weighted by Gasteiger charge is 2.28. The molecule has 0 aromatic heterocycles. The molecule has 102 valence electrons. The van der Waals surface area contributed by atoms with Gasteiger partial charge < -0.3 is 10.1 Å². The summed E-state index contributed by atoms with van der Waals surface area (Å²) in [6.45, 7) is 9.07. The van der Waals surface area contributed by atoms with Gasteiger partial charge in [0, 0.05) is 18.7 Å². The molecule has 1 N–H and O–H groups in total. The standard InChI is InChI=1S/C12H25NO3S/c1-10(8-13-12(2,3)4)17(14,15)9-11-6-5-7-16-11/h10-11,13H,5-9H2,1-4H3. The minimum atomic E-state index is -3.05. The largest absolute Gasteiger partial charge is 0.377 e. The quantitative estimate of drug-likeness (QED) is 0.813. The zero-order valence-corrected chi connectivity index (χ0v) is 12.1. The van der Waals surface area contributed by atoms with E-state index < -0.39 is 9.84 Å². The van der Waals surface area contributed by atoms with E-state index in [1.54, 1.807) is 6.92 Å². The van der Waals surface area contributed by atoms with Crippen molar-refractivity contribution in [2.24, 2.45) is 0 Å². The summed E-state index contributed by atoms with van der Waals surface area (Å²) in [7, 11) is -3.05. The van der Waals surface area contributed by atoms with Crippen LogP contribution in [0.4, 0.5) is 0 Å². The Morgan fingerprint density at radius 3 is 2.53 bits per heavy atom. The van der Waals surface area contributed by atoms with Crippen LogP contribution < -0.4 is 5.32 Å². The summed E-state index contributed by atoms with van der Waals surface area (Å²) in [6, 6.07) is 0. The summed E-state index contributed by atoms with van der Waals surface area (Å²) in [5.41, 5.74) is -0.0480. The fourth-order valence-electron chi connectivity index (χ4n) is 1.78. The number of hydrogen-bond acceptors (Lipinski definition) is 4. The number of ether oxygens (including phenoxy) is 1. The Balaban J connectivity index is 2.45. The SMILES string of the molecule is CC(CNC(C)(C)C)S(=O)(=O)CC1CCCO1. The third-order valence-corrected chi connectivity index (χ3v) is 5.20. The van der Waals surface area contributed by atoms with Crippen LogP contribution in [-0.4, -0.2) is 44.2 Å². The second-order valence-electron chi connectivity index (χ2n) is 5.91. The Labute approximate surface area is 105 Å². The summed E-state index contributed by atoms with van der Waals surface area (Å²) >= 11 is 0. The fourth-order valence-corrected chi connectivity index (χ4v) is 3.22. The number of rotatable bonds is 5. The molecule has 1 aliphatic heterocycles. The van der Waals surface area contributed by atoms with Gasteiger partial charge in [-0.25, -0.2) is 8.42 Å². The average molecular weight is 263 g/mol. The number of hydrogen-bond donors (Lipinski definition) is 1. The highest BCUT2D eigenvalue weighted by molar-refractivity contribution is 7.92. The van der Waals surface area contributed by atoms with E-state index >= 15 is 0 Å². The molecule has 0 bridgehead atoms. The molecule has 2 unspecified atom stereocenters. The van der Waals surface area contributed by atoms with E-state index in [1.165, 1.54) is 0 Å². The lowest BCUT2D eigenvalue weighted by Gasteiger charge is -2.24. The summed E-state index contributed by atoms with van der Waals surface area (Å²) in [5.74, 6) is 0.167. The molecule has 0 amide bonds. The van der Waals surface area contributed by atoms with Crippen molar-refractivity contribution in [1.29, 1.82) is 0 Å². The van der Waals surface area contributed by atoms with Gasteiger partial charge in [0.05, 0.1) is 17.1 Å². The van der Waals surface area contributed by atoms with Gasteiger partial charge in [-0.1, -0.05) is 0 Å². The third kappa shape index (κ3) is 5.36. The first-order valence-electron chi connectivity index (χ1n) is 6.29. The average Bonchev–Trinajstić information content (AvgIpc) is 2.64. The van der Waals surface area contributed by atoms with Gasteiger partial charge in [-0.05, 0) is 40.5 Å². The maximum Gasteiger partial charge on any atom is 0.156 e. The monoisotopic (exact) mass is 263 g/mol. The van der Waals surface area contributed by atoms with Crippen LogP contribution >= 0.6 is 0 Å². The smallest absolute Gasteiger partial charge is 0.156 e. The van der Waals surface area contributed by atoms with E-state index in [2.05, 4.69) is 5.32 Å². The summed E-state index contributed by atoms with van der Waals surface area (Å²) in [4.78, 5) is 0. The molecule has 0 saturated carbocycles. The van der Waals surface area contributed by atoms with Crippen LogP contribution in [0.2, 0.25) is 0 Å². The Hall–Kier alpha value is -0.130. The van der Waals surface area contributed by atoms with Crippen LogP contribution in [-0.2, 0) is 14.6 Å². The van der Waals surface area contributed by atoms with Crippen LogP contribution in [0.3, 0.4) is 0 Å². The third-order valence-electron chi connectivity index (χ3n) is 2.98. The highest BCUT2D eigenvalue weighted by atomic mass is 32.2. The molecule has 1 heterocycles. The van der Waals surface area contributed by atoms with Gasteiger partial charge in [-0.15, -0.1) is 0 Å². The Kier molecular flexibility index (Phi) is 4.98. The van der Waals surface area contributed by atoms with Crippen molar-refractivity contribution in [3.05, 3.63) is 0 Å². The zero-order chi connectivity index (χ0) is 13.1. The van der Waals surface area contributed by atoms with Gasteiger partial charge in [0.1, 0.15) is 0 Å². The summed E-state index contributed by atoms with van der Waals surface area (Å²) in [5, 5.41) is 2.88. The van der Waals surface area contributed by atoms with E-state index in [0.717, 1.165) is 12.8 Å². The van der Waals surface area contributed by atoms with Gasteiger partial charge >= 0.3 is 0 Å². The van der Waals surface area contributed by atoms with Crippen LogP contribution in [0.15, 0.2) is 0 Å². The van der Waals surface area contributed by atoms with E-state index in [-0.39, 0.29) is 22.6 Å². The van der Waals surface area contributed by atoms with E-state index in [4.69, 9.17) is 4.74 Å². The fraction of sp³-hybridized carbons (Fsp3) is 1.00. The van der Waals surface area contributed by atoms with Crippen LogP contribution in [0.5, 0.6) is 0 Å². The van der Waals surface area contributed by atoms with Crippen molar-refractivity contribution < 1.29 is 13.2 Å². The van der Waals surface area contributed by atoms with Crippen molar-refractivity contribution >= 4 is 9.84 Å². The second-order valence-corrected chi connectivity index (χ2v) is 8.37. The molecule has 0 spiro atoms. The maximum atomic E-state index is 12.1. The lowest BCUT2D eigenvalue weighted by molar-refractivity contribution is 0.127. The van der Waals surface area contributed by atoms with Gasteiger partial charge in [-0.3, -0.25) is 0 Å². The van der Waals surface area contributed by atoms with Crippen molar-refractivity contribution in [1.82, 2.24) is 5.32 Å². The van der Waals surface area contributed by atoms with Crippen molar-refractivity contribution in [2.45, 2.75) is 57.4 Å². The second kappa shape index (κ2) is 5.67. The van der Waals surface area contributed by atoms with Crippen LogP contribution in [0, 0.1) is 0 Å². The first-order valence-corrected chi connectivity index (χ1v) is 8.00. The molecule has 0 aliphatic carbocycles. The van der Waals surface area contributed by atoms with E-state index in [0.29, 0.717) is 13.2 Å². The van der Waals surface area contributed by atoms with Crippen molar-refractivity contribution in [3.63, 3.8) is 0 Å². The molecule has 17 heavy (non-hydrogen) atoms. The Morgan fingerprint density at radius 2 is 2.06 bits per heavy atom. The predicted molar refractivity (Wildman–Crippen MR) is 70.0 cm³/mol. The first kappa shape index (κ1) is 14.9. The highest BCUT2D eigenvalue weighted by Crippen LogP contribution is 2.16. The van der Waals surface area contributed by atoms with Crippen molar-refractivity contribution in [3.8, 4) is 0 Å². The lowest BCUT2D eigenvalue weighted by atomic mass is 10.1. The number of nitrogens with one attached hydrogen (secondary N) is 1. The molecule has 1 rings (SSSR count). The lowest BCUT2D eigenvalue weighted by Crippen LogP contribution is -2.43. The molecule has 2 atom stereocenters. The van der Waals surface area contributed by atoms with Gasteiger partial charge in [0.2, 0.25) is 0 Å². The van der Waals surface area contributed by atoms with E-state index in [1.807, 2.05) is 20.8 Å². The predicted octanol–water partition coefficient (Wildman–Crippen LogP) is 1.36.